The summed E-state index contributed by atoms with van der Waals surface area (Å²) in [4.78, 5) is 17.5. The third kappa shape index (κ3) is 3.66. The van der Waals surface area contributed by atoms with Gasteiger partial charge in [-0.3, -0.25) is 9.69 Å². The number of benzene rings is 2. The number of piperazine rings is 1. The van der Waals surface area contributed by atoms with Gasteiger partial charge in [-0.15, -0.1) is 0 Å². The van der Waals surface area contributed by atoms with E-state index in [1.165, 1.54) is 5.56 Å². The quantitative estimate of drug-likeness (QED) is 0.890. The average Bonchev–Trinajstić information content (AvgIpc) is 2.69. The molecule has 3 atom stereocenters. The number of aromatic hydroxyl groups is 1. The molecule has 2 heterocycles. The summed E-state index contributed by atoms with van der Waals surface area (Å²) in [6.45, 7) is 8.23. The third-order valence-electron chi connectivity index (χ3n) is 6.92. The van der Waals surface area contributed by atoms with Gasteiger partial charge in [-0.05, 0) is 41.0 Å². The SMILES string of the molecule is C[C@H]1CN2CCN(C(=O)Cc3ccccc3)CC2C[C@@]1(C)c1cccc(O)c1. The Morgan fingerprint density at radius 2 is 1.89 bits per heavy atom. The van der Waals surface area contributed by atoms with Gasteiger partial charge in [0.05, 0.1) is 6.42 Å². The normalized spacial score (nSPS) is 28.0. The Kier molecular flexibility index (Phi) is 5.15. The molecule has 4 rings (SSSR count). The molecule has 1 N–H and O–H groups in total. The lowest BCUT2D eigenvalue weighted by Gasteiger charge is -2.53. The summed E-state index contributed by atoms with van der Waals surface area (Å²) < 4.78 is 0. The van der Waals surface area contributed by atoms with E-state index in [4.69, 9.17) is 0 Å². The van der Waals surface area contributed by atoms with Gasteiger partial charge in [-0.1, -0.05) is 56.3 Å². The predicted molar refractivity (Wildman–Crippen MR) is 111 cm³/mol. The average molecular weight is 379 g/mol. The summed E-state index contributed by atoms with van der Waals surface area (Å²) >= 11 is 0. The van der Waals surface area contributed by atoms with Gasteiger partial charge in [0.2, 0.25) is 5.91 Å². The monoisotopic (exact) mass is 378 g/mol. The lowest BCUT2D eigenvalue weighted by atomic mass is 9.65. The van der Waals surface area contributed by atoms with Crippen molar-refractivity contribution in [1.82, 2.24) is 9.80 Å². The van der Waals surface area contributed by atoms with Crippen LogP contribution in [0, 0.1) is 5.92 Å². The maximum atomic E-state index is 12.9. The minimum absolute atomic E-state index is 0.00535. The number of nitrogens with zero attached hydrogens (tertiary/aromatic N) is 2. The molecule has 0 spiro atoms. The van der Waals surface area contributed by atoms with Gasteiger partial charge in [-0.2, -0.15) is 0 Å². The van der Waals surface area contributed by atoms with Crippen molar-refractivity contribution in [2.24, 2.45) is 5.92 Å². The Morgan fingerprint density at radius 1 is 1.11 bits per heavy atom. The molecule has 1 amide bonds. The standard InChI is InChI=1S/C24H30N2O2/c1-18-16-25-11-12-26(23(28)13-19-7-4-3-5-8-19)17-21(25)15-24(18,2)20-9-6-10-22(27)14-20/h3-10,14,18,21,27H,11-13,15-17H2,1-2H3/t18-,21?,24+/m0/s1. The van der Waals surface area contributed by atoms with E-state index in [0.717, 1.165) is 38.2 Å². The van der Waals surface area contributed by atoms with Crippen molar-refractivity contribution in [3.8, 4) is 5.75 Å². The van der Waals surface area contributed by atoms with Crippen LogP contribution in [0.25, 0.3) is 0 Å². The van der Waals surface area contributed by atoms with Crippen LogP contribution in [-0.4, -0.2) is 53.0 Å². The van der Waals surface area contributed by atoms with Crippen LogP contribution in [0.5, 0.6) is 5.75 Å². The van der Waals surface area contributed by atoms with Gasteiger partial charge >= 0.3 is 0 Å². The zero-order valence-electron chi connectivity index (χ0n) is 16.8. The predicted octanol–water partition coefficient (Wildman–Crippen LogP) is 3.45. The van der Waals surface area contributed by atoms with Gasteiger partial charge < -0.3 is 10.0 Å². The van der Waals surface area contributed by atoms with Gasteiger partial charge in [0, 0.05) is 32.2 Å². The van der Waals surface area contributed by atoms with E-state index in [1.807, 2.05) is 47.4 Å². The number of carbonyl (C=O) groups is 1. The second kappa shape index (κ2) is 7.59. The smallest absolute Gasteiger partial charge is 0.227 e. The number of amides is 1. The molecular formula is C24H30N2O2. The van der Waals surface area contributed by atoms with E-state index < -0.39 is 0 Å². The number of phenolic OH excluding ortho intramolecular Hbond substituents is 1. The van der Waals surface area contributed by atoms with Crippen molar-refractivity contribution in [3.05, 3.63) is 65.7 Å². The highest BCUT2D eigenvalue weighted by Crippen LogP contribution is 2.43. The number of hydrogen-bond donors (Lipinski definition) is 1. The van der Waals surface area contributed by atoms with Crippen molar-refractivity contribution in [1.29, 1.82) is 0 Å². The highest BCUT2D eigenvalue weighted by molar-refractivity contribution is 5.79. The fourth-order valence-electron chi connectivity index (χ4n) is 4.94. The Balaban J connectivity index is 1.48. The van der Waals surface area contributed by atoms with E-state index >= 15 is 0 Å². The highest BCUT2D eigenvalue weighted by Gasteiger charge is 2.45. The minimum atomic E-state index is 0.00535. The van der Waals surface area contributed by atoms with Crippen LogP contribution in [0.3, 0.4) is 0 Å². The van der Waals surface area contributed by atoms with Crippen LogP contribution in [0.4, 0.5) is 0 Å². The molecule has 0 radical (unpaired) electrons. The lowest BCUT2D eigenvalue weighted by molar-refractivity contribution is -0.135. The van der Waals surface area contributed by atoms with Crippen LogP contribution in [-0.2, 0) is 16.6 Å². The summed E-state index contributed by atoms with van der Waals surface area (Å²) in [6, 6.07) is 18.1. The summed E-state index contributed by atoms with van der Waals surface area (Å²) in [6.07, 6.45) is 1.49. The first-order chi connectivity index (χ1) is 13.5. The molecule has 4 heteroatoms. The van der Waals surface area contributed by atoms with E-state index in [2.05, 4.69) is 24.8 Å². The number of fused-ring (bicyclic) bond motifs is 1. The number of carbonyl (C=O) groups excluding carboxylic acids is 1. The third-order valence-corrected chi connectivity index (χ3v) is 6.92. The first-order valence-electron chi connectivity index (χ1n) is 10.3. The van der Waals surface area contributed by atoms with Crippen LogP contribution in [0.15, 0.2) is 54.6 Å². The second-order valence-corrected chi connectivity index (χ2v) is 8.72. The first kappa shape index (κ1) is 19.0. The van der Waals surface area contributed by atoms with Gasteiger partial charge in [0.25, 0.3) is 0 Å². The van der Waals surface area contributed by atoms with E-state index in [0.29, 0.717) is 24.1 Å². The molecule has 4 nitrogen and oxygen atoms in total. The van der Waals surface area contributed by atoms with Crippen molar-refractivity contribution in [2.75, 3.05) is 26.2 Å². The van der Waals surface area contributed by atoms with E-state index in [-0.39, 0.29) is 11.3 Å². The minimum Gasteiger partial charge on any atom is -0.508 e. The molecule has 0 aromatic heterocycles. The number of rotatable bonds is 3. The topological polar surface area (TPSA) is 43.8 Å². The largest absolute Gasteiger partial charge is 0.508 e. The Bertz CT molecular complexity index is 838. The number of piperidine rings is 1. The molecule has 2 aromatic rings. The van der Waals surface area contributed by atoms with Crippen LogP contribution < -0.4 is 0 Å². The molecule has 2 aliphatic heterocycles. The van der Waals surface area contributed by atoms with E-state index in [1.54, 1.807) is 6.07 Å². The summed E-state index contributed by atoms with van der Waals surface area (Å²) in [5, 5.41) is 9.97. The Hall–Kier alpha value is -2.33. The maximum absolute atomic E-state index is 12.9. The summed E-state index contributed by atoms with van der Waals surface area (Å²) in [5.41, 5.74) is 2.29. The molecule has 28 heavy (non-hydrogen) atoms. The van der Waals surface area contributed by atoms with Gasteiger partial charge in [-0.25, -0.2) is 0 Å². The maximum Gasteiger partial charge on any atom is 0.227 e. The molecule has 0 saturated carbocycles. The van der Waals surface area contributed by atoms with Crippen molar-refractivity contribution in [3.63, 3.8) is 0 Å². The molecule has 148 valence electrons. The molecule has 2 saturated heterocycles. The highest BCUT2D eigenvalue weighted by atomic mass is 16.3. The summed E-state index contributed by atoms with van der Waals surface area (Å²) in [7, 11) is 0. The first-order valence-corrected chi connectivity index (χ1v) is 10.3. The molecule has 0 aliphatic carbocycles. The van der Waals surface area contributed by atoms with Crippen LogP contribution in [0.2, 0.25) is 0 Å². The Morgan fingerprint density at radius 3 is 2.64 bits per heavy atom. The van der Waals surface area contributed by atoms with Crippen LogP contribution >= 0.6 is 0 Å². The molecule has 2 aliphatic rings. The van der Waals surface area contributed by atoms with Crippen molar-refractivity contribution < 1.29 is 9.90 Å². The Labute approximate surface area is 167 Å². The lowest BCUT2D eigenvalue weighted by Crippen LogP contribution is -2.62. The second-order valence-electron chi connectivity index (χ2n) is 8.72. The summed E-state index contributed by atoms with van der Waals surface area (Å²) in [5.74, 6) is 1.05. The molecular weight excluding hydrogens is 348 g/mol. The zero-order chi connectivity index (χ0) is 19.7. The number of hydrogen-bond acceptors (Lipinski definition) is 3. The molecule has 2 fully saturated rings. The van der Waals surface area contributed by atoms with Crippen LogP contribution in [0.1, 0.15) is 31.4 Å². The fourth-order valence-corrected chi connectivity index (χ4v) is 4.94. The molecule has 1 unspecified atom stereocenters. The van der Waals surface area contributed by atoms with Crippen molar-refractivity contribution >= 4 is 5.91 Å². The molecule has 2 aromatic carbocycles. The zero-order valence-corrected chi connectivity index (χ0v) is 16.8. The van der Waals surface area contributed by atoms with E-state index in [9.17, 15) is 9.90 Å². The fraction of sp³-hybridized carbons (Fsp3) is 0.458. The molecule has 0 bridgehead atoms. The van der Waals surface area contributed by atoms with Crippen molar-refractivity contribution in [2.45, 2.75) is 38.1 Å². The van der Waals surface area contributed by atoms with Gasteiger partial charge in [0.15, 0.2) is 0 Å². The van der Waals surface area contributed by atoms with Gasteiger partial charge in [0.1, 0.15) is 5.75 Å². The number of phenols is 1.